The Kier molecular flexibility index (Phi) is 2.83. The molecule has 1 aliphatic rings. The summed E-state index contributed by atoms with van der Waals surface area (Å²) in [4.78, 5) is 10.9. The van der Waals surface area contributed by atoms with Gasteiger partial charge in [0, 0.05) is 0 Å². The van der Waals surface area contributed by atoms with Crippen LogP contribution in [0.15, 0.2) is 18.2 Å². The van der Waals surface area contributed by atoms with E-state index in [-0.39, 0.29) is 6.42 Å². The van der Waals surface area contributed by atoms with Gasteiger partial charge in [0.1, 0.15) is 5.75 Å². The largest absolute Gasteiger partial charge is 0.497 e. The second-order valence-electron chi connectivity index (χ2n) is 4.06. The van der Waals surface area contributed by atoms with E-state index in [1.807, 2.05) is 6.07 Å². The maximum Gasteiger partial charge on any atom is 0.306 e. The first-order valence-corrected chi connectivity index (χ1v) is 5.19. The summed E-state index contributed by atoms with van der Waals surface area (Å²) in [6, 6.07) is 5.39. The Bertz CT molecular complexity index is 413. The average molecular weight is 222 g/mol. The molecule has 1 aromatic rings. The van der Waals surface area contributed by atoms with E-state index in [4.69, 9.17) is 9.84 Å². The number of carboxylic acids is 1. The third kappa shape index (κ3) is 1.88. The number of carbonyl (C=O) groups is 1. The maximum absolute atomic E-state index is 10.9. The summed E-state index contributed by atoms with van der Waals surface area (Å²) >= 11 is 0. The molecular formula is C12H14O4. The molecule has 0 aliphatic heterocycles. The molecule has 2 N–H and O–H groups in total. The fraction of sp³-hybridized carbons (Fsp3) is 0.417. The highest BCUT2D eigenvalue weighted by atomic mass is 16.5. The molecule has 86 valence electrons. The van der Waals surface area contributed by atoms with E-state index in [1.165, 1.54) is 0 Å². The Labute approximate surface area is 93.5 Å². The molecule has 2 atom stereocenters. The van der Waals surface area contributed by atoms with Crippen LogP contribution < -0.4 is 4.74 Å². The lowest BCUT2D eigenvalue weighted by atomic mass is 9.82. The van der Waals surface area contributed by atoms with Crippen molar-refractivity contribution in [3.63, 3.8) is 0 Å². The summed E-state index contributed by atoms with van der Waals surface area (Å²) in [5.74, 6) is -0.650. The zero-order valence-electron chi connectivity index (χ0n) is 9.01. The molecule has 4 heteroatoms. The van der Waals surface area contributed by atoms with Crippen molar-refractivity contribution in [3.8, 4) is 5.75 Å². The Morgan fingerprint density at radius 1 is 1.50 bits per heavy atom. The Morgan fingerprint density at radius 3 is 2.88 bits per heavy atom. The van der Waals surface area contributed by atoms with E-state index >= 15 is 0 Å². The smallest absolute Gasteiger partial charge is 0.306 e. The van der Waals surface area contributed by atoms with Gasteiger partial charge >= 0.3 is 5.97 Å². The molecule has 0 aromatic heterocycles. The van der Waals surface area contributed by atoms with Crippen LogP contribution in [0.4, 0.5) is 0 Å². The third-order valence-corrected chi connectivity index (χ3v) is 3.04. The highest BCUT2D eigenvalue weighted by Crippen LogP contribution is 2.35. The van der Waals surface area contributed by atoms with Crippen molar-refractivity contribution in [2.45, 2.75) is 18.9 Å². The molecule has 0 saturated heterocycles. The predicted molar refractivity (Wildman–Crippen MR) is 57.4 cm³/mol. The van der Waals surface area contributed by atoms with E-state index in [0.717, 1.165) is 11.1 Å². The van der Waals surface area contributed by atoms with E-state index in [0.29, 0.717) is 12.2 Å². The molecule has 0 fully saturated rings. The summed E-state index contributed by atoms with van der Waals surface area (Å²) in [5.41, 5.74) is 1.68. The average Bonchev–Trinajstić information content (AvgIpc) is 2.28. The topological polar surface area (TPSA) is 66.8 Å². The minimum Gasteiger partial charge on any atom is -0.497 e. The van der Waals surface area contributed by atoms with Crippen molar-refractivity contribution in [3.05, 3.63) is 29.3 Å². The summed E-state index contributed by atoms with van der Waals surface area (Å²) in [5, 5.41) is 18.8. The van der Waals surface area contributed by atoms with Gasteiger partial charge in [-0.3, -0.25) is 4.79 Å². The van der Waals surface area contributed by atoms with Crippen molar-refractivity contribution in [1.29, 1.82) is 0 Å². The van der Waals surface area contributed by atoms with Gasteiger partial charge < -0.3 is 14.9 Å². The molecule has 0 amide bonds. The van der Waals surface area contributed by atoms with Crippen LogP contribution in [-0.4, -0.2) is 23.3 Å². The van der Waals surface area contributed by atoms with Crippen LogP contribution in [0.2, 0.25) is 0 Å². The fourth-order valence-corrected chi connectivity index (χ4v) is 2.13. The number of ether oxygens (including phenoxy) is 1. The maximum atomic E-state index is 10.9. The van der Waals surface area contributed by atoms with E-state index in [2.05, 4.69) is 0 Å². The van der Waals surface area contributed by atoms with Gasteiger partial charge in [-0.05, 0) is 36.1 Å². The van der Waals surface area contributed by atoms with Gasteiger partial charge in [-0.1, -0.05) is 6.07 Å². The SMILES string of the molecule is COc1ccc2c(c1)C(O)CC(C(=O)O)C2. The van der Waals surface area contributed by atoms with Gasteiger partial charge in [-0.15, -0.1) is 0 Å². The zero-order valence-corrected chi connectivity index (χ0v) is 9.01. The quantitative estimate of drug-likeness (QED) is 0.793. The van der Waals surface area contributed by atoms with Gasteiger partial charge in [0.2, 0.25) is 0 Å². The number of rotatable bonds is 2. The molecule has 1 aliphatic carbocycles. The molecule has 2 unspecified atom stereocenters. The summed E-state index contributed by atoms with van der Waals surface area (Å²) in [7, 11) is 1.57. The lowest BCUT2D eigenvalue weighted by molar-refractivity contribution is -0.143. The van der Waals surface area contributed by atoms with Gasteiger partial charge in [0.15, 0.2) is 0 Å². The second-order valence-corrected chi connectivity index (χ2v) is 4.06. The van der Waals surface area contributed by atoms with Crippen LogP contribution in [0.1, 0.15) is 23.7 Å². The van der Waals surface area contributed by atoms with E-state index < -0.39 is 18.0 Å². The molecule has 0 saturated carbocycles. The van der Waals surface area contributed by atoms with Gasteiger partial charge in [-0.2, -0.15) is 0 Å². The molecule has 1 aromatic carbocycles. The number of methoxy groups -OCH3 is 1. The lowest BCUT2D eigenvalue weighted by Crippen LogP contribution is -2.25. The number of fused-ring (bicyclic) bond motifs is 1. The monoisotopic (exact) mass is 222 g/mol. The summed E-state index contributed by atoms with van der Waals surface area (Å²) in [6.45, 7) is 0. The van der Waals surface area contributed by atoms with E-state index in [1.54, 1.807) is 19.2 Å². The van der Waals surface area contributed by atoms with Crippen molar-refractivity contribution >= 4 is 5.97 Å². The van der Waals surface area contributed by atoms with Crippen molar-refractivity contribution in [2.75, 3.05) is 7.11 Å². The first-order valence-electron chi connectivity index (χ1n) is 5.19. The van der Waals surface area contributed by atoms with Gasteiger partial charge in [-0.25, -0.2) is 0 Å². The highest BCUT2D eigenvalue weighted by molar-refractivity contribution is 5.71. The van der Waals surface area contributed by atoms with Crippen molar-refractivity contribution in [1.82, 2.24) is 0 Å². The second kappa shape index (κ2) is 4.14. The number of aliphatic carboxylic acids is 1. The molecule has 0 heterocycles. The number of benzene rings is 1. The van der Waals surface area contributed by atoms with Crippen LogP contribution in [0.3, 0.4) is 0 Å². The summed E-state index contributed by atoms with van der Waals surface area (Å²) in [6.07, 6.45) is 0.0428. The molecule has 4 nitrogen and oxygen atoms in total. The number of carboxylic acid groups (broad SMARTS) is 1. The zero-order chi connectivity index (χ0) is 11.7. The molecular weight excluding hydrogens is 208 g/mol. The lowest BCUT2D eigenvalue weighted by Gasteiger charge is -2.26. The van der Waals surface area contributed by atoms with Crippen LogP contribution >= 0.6 is 0 Å². The Balaban J connectivity index is 2.34. The molecule has 0 spiro atoms. The number of aliphatic hydroxyl groups excluding tert-OH is 1. The summed E-state index contributed by atoms with van der Waals surface area (Å²) < 4.78 is 5.08. The van der Waals surface area contributed by atoms with Crippen molar-refractivity contribution in [2.24, 2.45) is 5.92 Å². The predicted octanol–water partition coefficient (Wildman–Crippen LogP) is 1.38. The third-order valence-electron chi connectivity index (χ3n) is 3.04. The number of aliphatic hydroxyl groups is 1. The van der Waals surface area contributed by atoms with Crippen LogP contribution in [-0.2, 0) is 11.2 Å². The van der Waals surface area contributed by atoms with E-state index in [9.17, 15) is 9.90 Å². The first kappa shape index (κ1) is 11.0. The first-order chi connectivity index (χ1) is 7.61. The number of hydrogen-bond donors (Lipinski definition) is 2. The Hall–Kier alpha value is -1.55. The standard InChI is InChI=1S/C12H14O4/c1-16-9-3-2-7-4-8(12(14)15)5-11(13)10(7)6-9/h2-3,6,8,11,13H,4-5H2,1H3,(H,14,15). The minimum absolute atomic E-state index is 0.273. The van der Waals surface area contributed by atoms with Crippen LogP contribution in [0, 0.1) is 5.92 Å². The Morgan fingerprint density at radius 2 is 2.25 bits per heavy atom. The highest BCUT2D eigenvalue weighted by Gasteiger charge is 2.30. The molecule has 0 bridgehead atoms. The normalized spacial score (nSPS) is 23.6. The number of hydrogen-bond acceptors (Lipinski definition) is 3. The molecule has 16 heavy (non-hydrogen) atoms. The molecule has 2 rings (SSSR count). The minimum atomic E-state index is -0.847. The van der Waals surface area contributed by atoms with Crippen LogP contribution in [0.5, 0.6) is 5.75 Å². The van der Waals surface area contributed by atoms with Crippen LogP contribution in [0.25, 0.3) is 0 Å². The fourth-order valence-electron chi connectivity index (χ4n) is 2.13. The molecule has 0 radical (unpaired) electrons. The van der Waals surface area contributed by atoms with Gasteiger partial charge in [0.25, 0.3) is 0 Å². The van der Waals surface area contributed by atoms with Crippen molar-refractivity contribution < 1.29 is 19.7 Å². The van der Waals surface area contributed by atoms with Gasteiger partial charge in [0.05, 0.1) is 19.1 Å².